The largest absolute Gasteiger partial charge is 0.298 e. The fourth-order valence-corrected chi connectivity index (χ4v) is 4.91. The predicted molar refractivity (Wildman–Crippen MR) is 88.8 cm³/mol. The third kappa shape index (κ3) is 3.59. The average molecular weight is 320 g/mol. The molecule has 22 heavy (non-hydrogen) atoms. The zero-order valence-electron chi connectivity index (χ0n) is 12.8. The quantitative estimate of drug-likeness (QED) is 0.816. The molecule has 5 heteroatoms. The molecular weight excluding hydrogens is 296 g/mol. The van der Waals surface area contributed by atoms with E-state index in [4.69, 9.17) is 0 Å². The summed E-state index contributed by atoms with van der Waals surface area (Å²) in [4.78, 5) is 2.41. The van der Waals surface area contributed by atoms with Gasteiger partial charge in [0.15, 0.2) is 0 Å². The minimum absolute atomic E-state index is 0.0548. The molecule has 1 aromatic carbocycles. The lowest BCUT2D eigenvalue weighted by Gasteiger charge is -2.49. The van der Waals surface area contributed by atoms with Crippen molar-refractivity contribution in [2.24, 2.45) is 11.8 Å². The molecule has 0 amide bonds. The molecular formula is C17H24N2O2S. The summed E-state index contributed by atoms with van der Waals surface area (Å²) < 4.78 is 27.2. The SMILES string of the molecule is C=C[C@H]1CN2CC[C@H]1C[C@@H]2CNS(=O)(=O)Cc1ccccc1. The Balaban J connectivity index is 1.55. The Morgan fingerprint density at radius 3 is 2.73 bits per heavy atom. The van der Waals surface area contributed by atoms with Crippen LogP contribution in [0.3, 0.4) is 0 Å². The fraction of sp³-hybridized carbons (Fsp3) is 0.529. The molecule has 0 aliphatic carbocycles. The summed E-state index contributed by atoms with van der Waals surface area (Å²) in [6.07, 6.45) is 4.35. The molecule has 120 valence electrons. The highest BCUT2D eigenvalue weighted by Crippen LogP contribution is 2.36. The van der Waals surface area contributed by atoms with Crippen LogP contribution in [0.4, 0.5) is 0 Å². The Kier molecular flexibility index (Phi) is 4.66. The third-order valence-corrected chi connectivity index (χ3v) is 6.29. The van der Waals surface area contributed by atoms with Crippen molar-refractivity contribution < 1.29 is 8.42 Å². The van der Waals surface area contributed by atoms with E-state index in [1.54, 1.807) is 0 Å². The number of nitrogens with one attached hydrogen (secondary N) is 1. The van der Waals surface area contributed by atoms with Crippen LogP contribution in [-0.2, 0) is 15.8 Å². The van der Waals surface area contributed by atoms with Crippen molar-refractivity contribution in [3.8, 4) is 0 Å². The van der Waals surface area contributed by atoms with Gasteiger partial charge in [0.2, 0.25) is 10.0 Å². The highest BCUT2D eigenvalue weighted by Gasteiger charge is 2.38. The van der Waals surface area contributed by atoms with Crippen molar-refractivity contribution in [2.75, 3.05) is 19.6 Å². The van der Waals surface area contributed by atoms with Crippen LogP contribution in [0.15, 0.2) is 43.0 Å². The zero-order chi connectivity index (χ0) is 15.6. The van der Waals surface area contributed by atoms with E-state index < -0.39 is 10.0 Å². The number of hydrogen-bond acceptors (Lipinski definition) is 3. The van der Waals surface area contributed by atoms with Crippen LogP contribution in [-0.4, -0.2) is 39.0 Å². The molecule has 3 heterocycles. The Morgan fingerprint density at radius 2 is 2.09 bits per heavy atom. The number of sulfonamides is 1. The first-order valence-corrected chi connectivity index (χ1v) is 9.60. The Morgan fingerprint density at radius 1 is 1.32 bits per heavy atom. The van der Waals surface area contributed by atoms with E-state index in [0.717, 1.165) is 25.1 Å². The summed E-state index contributed by atoms with van der Waals surface area (Å²) in [5.41, 5.74) is 0.826. The minimum atomic E-state index is -3.27. The van der Waals surface area contributed by atoms with Crippen LogP contribution in [0.25, 0.3) is 0 Å². The molecule has 0 spiro atoms. The van der Waals surface area contributed by atoms with Crippen LogP contribution < -0.4 is 4.72 Å². The van der Waals surface area contributed by atoms with E-state index in [1.165, 1.54) is 6.42 Å². The molecule has 3 aliphatic rings. The lowest BCUT2D eigenvalue weighted by molar-refractivity contribution is 0.0218. The fourth-order valence-electron chi connectivity index (χ4n) is 3.73. The number of piperidine rings is 3. The predicted octanol–water partition coefficient (Wildman–Crippen LogP) is 2.00. The number of nitrogens with zero attached hydrogens (tertiary/aromatic N) is 1. The molecule has 1 aromatic rings. The Bertz CT molecular complexity index is 615. The highest BCUT2D eigenvalue weighted by atomic mass is 32.2. The smallest absolute Gasteiger partial charge is 0.215 e. The van der Waals surface area contributed by atoms with Crippen molar-refractivity contribution in [1.82, 2.24) is 9.62 Å². The summed E-state index contributed by atoms with van der Waals surface area (Å²) >= 11 is 0. The van der Waals surface area contributed by atoms with Gasteiger partial charge in [-0.25, -0.2) is 13.1 Å². The van der Waals surface area contributed by atoms with Crippen molar-refractivity contribution >= 4 is 10.0 Å². The van der Waals surface area contributed by atoms with Gasteiger partial charge in [-0.15, -0.1) is 6.58 Å². The molecule has 4 nitrogen and oxygen atoms in total. The van der Waals surface area contributed by atoms with Crippen LogP contribution in [0.1, 0.15) is 18.4 Å². The van der Waals surface area contributed by atoms with E-state index in [2.05, 4.69) is 22.3 Å². The molecule has 3 aliphatic heterocycles. The first kappa shape index (κ1) is 15.7. The van der Waals surface area contributed by atoms with Gasteiger partial charge in [-0.3, -0.25) is 4.90 Å². The standard InChI is InChI=1S/C17H24N2O2S/c1-2-15-12-19-9-8-16(15)10-17(19)11-18-22(20,21)13-14-6-4-3-5-7-14/h2-7,15-18H,1,8-13H2/t15-,16-,17+/m0/s1. The summed E-state index contributed by atoms with van der Waals surface area (Å²) in [5.74, 6) is 1.30. The third-order valence-electron chi connectivity index (χ3n) is 4.97. The molecule has 1 unspecified atom stereocenters. The van der Waals surface area contributed by atoms with Gasteiger partial charge in [0.25, 0.3) is 0 Å². The summed E-state index contributed by atoms with van der Waals surface area (Å²) in [6.45, 7) is 6.56. The van der Waals surface area contributed by atoms with E-state index >= 15 is 0 Å². The second kappa shape index (κ2) is 6.52. The number of benzene rings is 1. The van der Waals surface area contributed by atoms with Crippen molar-refractivity contribution in [1.29, 1.82) is 0 Å². The van der Waals surface area contributed by atoms with Gasteiger partial charge in [0.05, 0.1) is 5.75 Å². The number of rotatable bonds is 6. The van der Waals surface area contributed by atoms with E-state index in [0.29, 0.717) is 24.4 Å². The molecule has 2 bridgehead atoms. The topological polar surface area (TPSA) is 49.4 Å². The van der Waals surface area contributed by atoms with Gasteiger partial charge in [-0.1, -0.05) is 36.4 Å². The molecule has 0 radical (unpaired) electrons. The van der Waals surface area contributed by atoms with E-state index in [9.17, 15) is 8.42 Å². The lowest BCUT2D eigenvalue weighted by atomic mass is 9.76. The van der Waals surface area contributed by atoms with Gasteiger partial charge in [-0.05, 0) is 36.8 Å². The summed E-state index contributed by atoms with van der Waals surface area (Å²) in [7, 11) is -3.27. The Hall–Kier alpha value is -1.17. The van der Waals surface area contributed by atoms with Crippen LogP contribution in [0.2, 0.25) is 0 Å². The molecule has 0 aromatic heterocycles. The van der Waals surface area contributed by atoms with Crippen LogP contribution in [0.5, 0.6) is 0 Å². The van der Waals surface area contributed by atoms with Crippen LogP contribution in [0, 0.1) is 11.8 Å². The maximum atomic E-state index is 12.2. The maximum Gasteiger partial charge on any atom is 0.215 e. The summed E-state index contributed by atoms with van der Waals surface area (Å²) in [6, 6.07) is 9.66. The average Bonchev–Trinajstić information content (AvgIpc) is 2.54. The monoisotopic (exact) mass is 320 g/mol. The van der Waals surface area contributed by atoms with Gasteiger partial charge in [-0.2, -0.15) is 0 Å². The molecule has 4 atom stereocenters. The van der Waals surface area contributed by atoms with Crippen molar-refractivity contribution in [3.05, 3.63) is 48.6 Å². The van der Waals surface area contributed by atoms with Gasteiger partial charge in [0, 0.05) is 19.1 Å². The molecule has 3 saturated heterocycles. The minimum Gasteiger partial charge on any atom is -0.298 e. The van der Waals surface area contributed by atoms with Crippen LogP contribution >= 0.6 is 0 Å². The zero-order valence-corrected chi connectivity index (χ0v) is 13.6. The maximum absolute atomic E-state index is 12.2. The van der Waals surface area contributed by atoms with Crippen molar-refractivity contribution in [3.63, 3.8) is 0 Å². The van der Waals surface area contributed by atoms with E-state index in [-0.39, 0.29) is 5.75 Å². The Labute approximate surface area is 133 Å². The normalized spacial score (nSPS) is 31.1. The first-order chi connectivity index (χ1) is 10.6. The molecule has 1 N–H and O–H groups in total. The van der Waals surface area contributed by atoms with E-state index in [1.807, 2.05) is 30.3 Å². The molecule has 0 saturated carbocycles. The number of hydrogen-bond donors (Lipinski definition) is 1. The van der Waals surface area contributed by atoms with Crippen molar-refractivity contribution in [2.45, 2.75) is 24.6 Å². The molecule has 4 rings (SSSR count). The first-order valence-electron chi connectivity index (χ1n) is 7.95. The highest BCUT2D eigenvalue weighted by molar-refractivity contribution is 7.88. The second-order valence-corrected chi connectivity index (χ2v) is 8.23. The second-order valence-electron chi connectivity index (χ2n) is 6.43. The van der Waals surface area contributed by atoms with Gasteiger partial charge in [0.1, 0.15) is 0 Å². The number of fused-ring (bicyclic) bond motifs is 3. The van der Waals surface area contributed by atoms with Gasteiger partial charge < -0.3 is 0 Å². The molecule has 3 fully saturated rings. The summed E-state index contributed by atoms with van der Waals surface area (Å²) in [5, 5.41) is 0. The van der Waals surface area contributed by atoms with Gasteiger partial charge >= 0.3 is 0 Å². The lowest BCUT2D eigenvalue weighted by Crippen LogP contribution is -2.56.